The van der Waals surface area contributed by atoms with Gasteiger partial charge in [-0.2, -0.15) is 0 Å². The van der Waals surface area contributed by atoms with E-state index in [0.717, 1.165) is 25.7 Å². The van der Waals surface area contributed by atoms with Crippen molar-refractivity contribution in [3.63, 3.8) is 0 Å². The van der Waals surface area contributed by atoms with Gasteiger partial charge in [0.1, 0.15) is 6.10 Å². The monoisotopic (exact) mass is 284 g/mol. The molecule has 0 aromatic carbocycles. The van der Waals surface area contributed by atoms with Gasteiger partial charge in [-0.15, -0.1) is 0 Å². The summed E-state index contributed by atoms with van der Waals surface area (Å²) >= 11 is 0. The van der Waals surface area contributed by atoms with Crippen molar-refractivity contribution < 1.29 is 14.6 Å². The zero-order chi connectivity index (χ0) is 14.6. The number of hydrogen-bond donors (Lipinski definition) is 1. The summed E-state index contributed by atoms with van der Waals surface area (Å²) in [6.07, 6.45) is 13.3. The molecule has 0 spiro atoms. The normalized spacial score (nSPS) is 17.9. The van der Waals surface area contributed by atoms with Gasteiger partial charge in [-0.3, -0.25) is 4.79 Å². The number of ether oxygens (including phenoxy) is 1. The van der Waals surface area contributed by atoms with E-state index in [0.29, 0.717) is 12.8 Å². The van der Waals surface area contributed by atoms with Crippen molar-refractivity contribution in [2.75, 3.05) is 0 Å². The Labute approximate surface area is 124 Å². The Bertz CT molecular complexity index is 247. The third-order valence-electron chi connectivity index (χ3n) is 4.17. The van der Waals surface area contributed by atoms with Crippen LogP contribution in [0.5, 0.6) is 0 Å². The van der Waals surface area contributed by atoms with Crippen molar-refractivity contribution in [2.45, 2.75) is 103 Å². The summed E-state index contributed by atoms with van der Waals surface area (Å²) < 4.78 is 5.45. The van der Waals surface area contributed by atoms with Crippen LogP contribution >= 0.6 is 0 Å². The molecule has 0 amide bonds. The van der Waals surface area contributed by atoms with Crippen LogP contribution < -0.4 is 0 Å². The van der Waals surface area contributed by atoms with Crippen molar-refractivity contribution in [1.82, 2.24) is 0 Å². The summed E-state index contributed by atoms with van der Waals surface area (Å²) in [6, 6.07) is 0. The quantitative estimate of drug-likeness (QED) is 0.479. The van der Waals surface area contributed by atoms with Gasteiger partial charge in [0.05, 0.1) is 6.10 Å². The van der Waals surface area contributed by atoms with E-state index in [1.165, 1.54) is 44.9 Å². The Morgan fingerprint density at radius 3 is 2.50 bits per heavy atom. The predicted molar refractivity (Wildman–Crippen MR) is 81.6 cm³/mol. The fourth-order valence-electron chi connectivity index (χ4n) is 2.84. The molecule has 3 heteroatoms. The van der Waals surface area contributed by atoms with Crippen LogP contribution in [0.15, 0.2) is 0 Å². The predicted octanol–water partition coefficient (Wildman–Crippen LogP) is 4.36. The molecule has 1 fully saturated rings. The number of unbranched alkanes of at least 4 members (excludes halogenated alkanes) is 4. The minimum atomic E-state index is -0.337. The number of rotatable bonds is 10. The molecular formula is C17H32O3. The van der Waals surface area contributed by atoms with Crippen molar-refractivity contribution in [2.24, 2.45) is 0 Å². The van der Waals surface area contributed by atoms with Crippen molar-refractivity contribution in [3.8, 4) is 0 Å². The summed E-state index contributed by atoms with van der Waals surface area (Å²) in [6.45, 7) is 2.20. The lowest BCUT2D eigenvalue weighted by atomic mass is 9.98. The number of carbonyl (C=O) groups is 1. The fourth-order valence-corrected chi connectivity index (χ4v) is 2.84. The minimum absolute atomic E-state index is 0.123. The summed E-state index contributed by atoms with van der Waals surface area (Å²) in [5.74, 6) is -0.123. The van der Waals surface area contributed by atoms with Crippen LogP contribution in [0.3, 0.4) is 0 Å². The van der Waals surface area contributed by atoms with Gasteiger partial charge in [0.25, 0.3) is 0 Å². The summed E-state index contributed by atoms with van der Waals surface area (Å²) in [5.41, 5.74) is 0. The van der Waals surface area contributed by atoms with E-state index in [2.05, 4.69) is 6.92 Å². The summed E-state index contributed by atoms with van der Waals surface area (Å²) in [7, 11) is 0. The van der Waals surface area contributed by atoms with Crippen LogP contribution in [-0.4, -0.2) is 23.3 Å². The third-order valence-corrected chi connectivity index (χ3v) is 4.17. The number of aliphatic hydroxyl groups excluding tert-OH is 1. The lowest BCUT2D eigenvalue weighted by molar-refractivity contribution is -0.151. The topological polar surface area (TPSA) is 46.5 Å². The summed E-state index contributed by atoms with van der Waals surface area (Å²) in [5, 5.41) is 9.85. The van der Waals surface area contributed by atoms with Crippen LogP contribution in [0.1, 0.15) is 90.4 Å². The lowest BCUT2D eigenvalue weighted by Gasteiger charge is -2.22. The molecule has 0 aliphatic heterocycles. The van der Waals surface area contributed by atoms with Crippen LogP contribution in [0, 0.1) is 0 Å². The smallest absolute Gasteiger partial charge is 0.306 e. The standard InChI is InChI=1S/C17H32O3/c1-2-3-4-5-7-10-15(18)13-14-17(19)20-16-11-8-6-9-12-16/h15-16,18H,2-14H2,1H3. The van der Waals surface area contributed by atoms with Crippen molar-refractivity contribution in [3.05, 3.63) is 0 Å². The number of carbonyl (C=O) groups excluding carboxylic acids is 1. The zero-order valence-electron chi connectivity index (χ0n) is 13.1. The third kappa shape index (κ3) is 8.57. The highest BCUT2D eigenvalue weighted by Gasteiger charge is 2.18. The van der Waals surface area contributed by atoms with Crippen molar-refractivity contribution in [1.29, 1.82) is 0 Å². The average Bonchev–Trinajstić information content (AvgIpc) is 2.46. The Balaban J connectivity index is 1.98. The zero-order valence-corrected chi connectivity index (χ0v) is 13.1. The molecule has 1 unspecified atom stereocenters. The van der Waals surface area contributed by atoms with Crippen molar-refractivity contribution >= 4 is 5.97 Å². The largest absolute Gasteiger partial charge is 0.462 e. The van der Waals surface area contributed by atoms with Crippen LogP contribution in [0.25, 0.3) is 0 Å². The Hall–Kier alpha value is -0.570. The molecule has 20 heavy (non-hydrogen) atoms. The molecule has 1 aliphatic rings. The first-order valence-corrected chi connectivity index (χ1v) is 8.60. The molecular weight excluding hydrogens is 252 g/mol. The molecule has 1 atom stereocenters. The van der Waals surface area contributed by atoms with E-state index in [-0.39, 0.29) is 18.2 Å². The van der Waals surface area contributed by atoms with Gasteiger partial charge < -0.3 is 9.84 Å². The van der Waals surface area contributed by atoms with Gasteiger partial charge in [-0.05, 0) is 38.5 Å². The van der Waals surface area contributed by atoms with E-state index in [1.54, 1.807) is 0 Å². The molecule has 1 aliphatic carbocycles. The maximum absolute atomic E-state index is 11.7. The number of esters is 1. The Morgan fingerprint density at radius 2 is 1.80 bits per heavy atom. The van der Waals surface area contributed by atoms with Gasteiger partial charge in [-0.25, -0.2) is 0 Å². The molecule has 0 radical (unpaired) electrons. The summed E-state index contributed by atoms with van der Waals surface area (Å²) in [4.78, 5) is 11.7. The van der Waals surface area contributed by atoms with Crippen LogP contribution in [-0.2, 0) is 9.53 Å². The lowest BCUT2D eigenvalue weighted by Crippen LogP contribution is -2.21. The molecule has 0 aromatic rings. The highest BCUT2D eigenvalue weighted by atomic mass is 16.5. The molecule has 1 saturated carbocycles. The van der Waals surface area contributed by atoms with Gasteiger partial charge in [0.15, 0.2) is 0 Å². The molecule has 1 rings (SSSR count). The maximum atomic E-state index is 11.7. The second-order valence-corrected chi connectivity index (χ2v) is 6.15. The van der Waals surface area contributed by atoms with E-state index in [4.69, 9.17) is 4.74 Å². The number of aliphatic hydroxyl groups is 1. The first-order chi connectivity index (χ1) is 9.72. The molecule has 118 valence electrons. The van der Waals surface area contributed by atoms with E-state index in [1.807, 2.05) is 0 Å². The average molecular weight is 284 g/mol. The first-order valence-electron chi connectivity index (χ1n) is 8.60. The van der Waals surface area contributed by atoms with Gasteiger partial charge in [-0.1, -0.05) is 45.4 Å². The van der Waals surface area contributed by atoms with Gasteiger partial charge in [0.2, 0.25) is 0 Å². The van der Waals surface area contributed by atoms with E-state index >= 15 is 0 Å². The maximum Gasteiger partial charge on any atom is 0.306 e. The Morgan fingerprint density at radius 1 is 1.10 bits per heavy atom. The molecule has 3 nitrogen and oxygen atoms in total. The van der Waals surface area contributed by atoms with Crippen LogP contribution in [0.2, 0.25) is 0 Å². The minimum Gasteiger partial charge on any atom is -0.462 e. The molecule has 0 heterocycles. The molecule has 0 aromatic heterocycles. The fraction of sp³-hybridized carbons (Fsp3) is 0.941. The number of hydrogen-bond acceptors (Lipinski definition) is 3. The van der Waals surface area contributed by atoms with E-state index in [9.17, 15) is 9.90 Å². The molecule has 0 saturated heterocycles. The second-order valence-electron chi connectivity index (χ2n) is 6.15. The van der Waals surface area contributed by atoms with Gasteiger partial charge in [0, 0.05) is 6.42 Å². The second kappa shape index (κ2) is 11.1. The SMILES string of the molecule is CCCCCCCC(O)CCC(=O)OC1CCCCC1. The van der Waals surface area contributed by atoms with Gasteiger partial charge >= 0.3 is 5.97 Å². The molecule has 1 N–H and O–H groups in total. The highest BCUT2D eigenvalue weighted by Crippen LogP contribution is 2.21. The Kier molecular flexibility index (Phi) is 9.73. The molecule has 0 bridgehead atoms. The van der Waals surface area contributed by atoms with Crippen LogP contribution in [0.4, 0.5) is 0 Å². The highest BCUT2D eigenvalue weighted by molar-refractivity contribution is 5.69. The first kappa shape index (κ1) is 17.5. The van der Waals surface area contributed by atoms with E-state index < -0.39 is 0 Å².